The molecule has 0 aliphatic carbocycles. The molecule has 2 aromatic rings. The SMILES string of the molecule is CC(NC(=O)[C@@H]1CCCN1C(=O)[C@H](CC(N)=O)NC(=O)[C@H](CS)NC(=O)[C@H](CS)NC(=O)[C@H](Cc1ccc(O)cc1)NC(=O)[C@H](CCC(=O)O)NC(=O)[C@H](CS)NC(=O)C(O)(O)CS)C(=O)N[C@@H](CS)C(=O)N[C@H](C(=O)NCC(=O)NC(CS)C(=O)N[C@@H](Cc1ccc(O)cc1)C(=O)O)[C@@H](C)O. The third-order valence-electron chi connectivity index (χ3n) is 15.0. The summed E-state index contributed by atoms with van der Waals surface area (Å²) in [4.78, 5) is 213. The number of likely N-dealkylation sites (tertiary alicyclic amines) is 1. The Hall–Kier alpha value is -8.46. The maximum absolute atomic E-state index is 14.2. The van der Waals surface area contributed by atoms with Gasteiger partial charge in [0.2, 0.25) is 76.8 Å². The third kappa shape index (κ3) is 28.4. The molecule has 14 amide bonds. The van der Waals surface area contributed by atoms with Crippen molar-refractivity contribution in [3.8, 4) is 11.5 Å². The highest BCUT2D eigenvalue weighted by Crippen LogP contribution is 2.21. The van der Waals surface area contributed by atoms with Gasteiger partial charge < -0.3 is 110 Å². The van der Waals surface area contributed by atoms with Gasteiger partial charge in [0.25, 0.3) is 11.7 Å². The number of aliphatic hydroxyl groups excluding tert-OH is 1. The Kier molecular flexibility index (Phi) is 36.9. The molecule has 0 bridgehead atoms. The van der Waals surface area contributed by atoms with Crippen LogP contribution in [0.15, 0.2) is 48.5 Å². The summed E-state index contributed by atoms with van der Waals surface area (Å²) < 4.78 is 0. The smallest absolute Gasteiger partial charge is 0.326 e. The van der Waals surface area contributed by atoms with Crippen LogP contribution >= 0.6 is 75.8 Å². The molecule has 21 N–H and O–H groups in total. The Morgan fingerprint density at radius 2 is 0.922 bits per heavy atom. The Labute approximate surface area is 615 Å². The summed E-state index contributed by atoms with van der Waals surface area (Å²) >= 11 is 24.2. The van der Waals surface area contributed by atoms with Crippen molar-refractivity contribution in [3.63, 3.8) is 0 Å². The van der Waals surface area contributed by atoms with E-state index in [1.54, 1.807) is 0 Å². The molecule has 2 aromatic carbocycles. The number of primary amides is 1. The number of hydrogen-bond acceptors (Lipinski definition) is 27. The van der Waals surface area contributed by atoms with Gasteiger partial charge in [0.15, 0.2) is 0 Å². The molecule has 1 aliphatic rings. The molecule has 1 heterocycles. The van der Waals surface area contributed by atoms with Crippen LogP contribution in [0.5, 0.6) is 11.5 Å². The zero-order valence-corrected chi connectivity index (χ0v) is 60.0. The summed E-state index contributed by atoms with van der Waals surface area (Å²) in [6.07, 6.45) is -4.24. The number of aliphatic carboxylic acids is 2. The van der Waals surface area contributed by atoms with E-state index in [2.05, 4.69) is 134 Å². The molecule has 0 radical (unpaired) electrons. The molecule has 0 saturated carbocycles. The van der Waals surface area contributed by atoms with Gasteiger partial charge in [-0.05, 0) is 68.5 Å². The molecule has 37 nitrogen and oxygen atoms in total. The quantitative estimate of drug-likeness (QED) is 0.0217. The van der Waals surface area contributed by atoms with Crippen LogP contribution in [0.4, 0.5) is 0 Å². The fourth-order valence-electron chi connectivity index (χ4n) is 9.39. The van der Waals surface area contributed by atoms with E-state index in [9.17, 15) is 112 Å². The van der Waals surface area contributed by atoms with Crippen molar-refractivity contribution >= 4 is 170 Å². The van der Waals surface area contributed by atoms with Crippen LogP contribution in [0.3, 0.4) is 0 Å². The van der Waals surface area contributed by atoms with E-state index in [0.717, 1.165) is 11.8 Å². The minimum absolute atomic E-state index is 0.0161. The number of phenolic OH excluding ortho intramolecular Hbond substituents is 2. The molecule has 1 aliphatic heterocycles. The topological polar surface area (TPSA) is 588 Å². The average Bonchev–Trinajstić information content (AvgIpc) is 1.64. The van der Waals surface area contributed by atoms with Crippen molar-refractivity contribution in [2.24, 2.45) is 5.73 Å². The number of amides is 14. The number of carboxylic acids is 2. The van der Waals surface area contributed by atoms with Crippen LogP contribution in [0.1, 0.15) is 57.1 Å². The molecule has 0 spiro atoms. The Bertz CT molecular complexity index is 3350. The van der Waals surface area contributed by atoms with Crippen molar-refractivity contribution in [1.29, 1.82) is 0 Å². The van der Waals surface area contributed by atoms with E-state index < -0.39 is 234 Å². The number of carbonyl (C=O) groups is 16. The number of aromatic hydroxyl groups is 2. The number of carbonyl (C=O) groups excluding carboxylic acids is 14. The lowest BCUT2D eigenvalue weighted by Gasteiger charge is -2.30. The molecule has 2 unspecified atom stereocenters. The average molecular weight is 1550 g/mol. The maximum atomic E-state index is 14.2. The highest BCUT2D eigenvalue weighted by Gasteiger charge is 2.42. The highest BCUT2D eigenvalue weighted by molar-refractivity contribution is 7.81. The first-order chi connectivity index (χ1) is 47.9. The molecule has 102 heavy (non-hydrogen) atoms. The first-order valence-electron chi connectivity index (χ1n) is 30.9. The molecule has 0 aromatic heterocycles. The highest BCUT2D eigenvalue weighted by atomic mass is 32.1. The predicted octanol–water partition coefficient (Wildman–Crippen LogP) is -8.19. The second kappa shape index (κ2) is 42.8. The number of aliphatic hydroxyl groups is 3. The van der Waals surface area contributed by atoms with Crippen LogP contribution in [0.2, 0.25) is 0 Å². The normalized spacial score (nSPS) is 16.2. The first-order valence-corrected chi connectivity index (χ1v) is 34.7. The van der Waals surface area contributed by atoms with E-state index in [1.807, 2.05) is 5.32 Å². The summed E-state index contributed by atoms with van der Waals surface area (Å²) in [7, 11) is 0. The van der Waals surface area contributed by atoms with E-state index in [1.165, 1.54) is 55.5 Å². The van der Waals surface area contributed by atoms with Crippen molar-refractivity contribution in [2.75, 3.05) is 47.6 Å². The van der Waals surface area contributed by atoms with Gasteiger partial charge >= 0.3 is 11.9 Å². The number of hydrogen-bond donors (Lipinski definition) is 26. The summed E-state index contributed by atoms with van der Waals surface area (Å²) in [5.74, 6) is -24.5. The van der Waals surface area contributed by atoms with Crippen LogP contribution in [0.25, 0.3) is 0 Å². The van der Waals surface area contributed by atoms with E-state index in [0.29, 0.717) is 11.1 Å². The fraction of sp³-hybridized carbons (Fsp3) is 0.525. The van der Waals surface area contributed by atoms with Gasteiger partial charge in [0.1, 0.15) is 84.0 Å². The lowest BCUT2D eigenvalue weighted by molar-refractivity contribution is -0.177. The second-order valence-corrected chi connectivity index (χ2v) is 25.2. The van der Waals surface area contributed by atoms with Gasteiger partial charge in [-0.1, -0.05) is 24.3 Å². The largest absolute Gasteiger partial charge is 0.508 e. The van der Waals surface area contributed by atoms with Crippen LogP contribution in [0, 0.1) is 0 Å². The molecular formula is C59H84N14O23S6. The number of carboxylic acid groups (broad SMARTS) is 2. The number of phenols is 2. The van der Waals surface area contributed by atoms with Crippen LogP contribution in [-0.4, -0.2) is 267 Å². The van der Waals surface area contributed by atoms with Gasteiger partial charge in [-0.25, -0.2) is 4.79 Å². The number of thiol groups is 6. The third-order valence-corrected chi connectivity index (χ3v) is 17.3. The fourth-order valence-corrected chi connectivity index (χ4v) is 10.8. The lowest BCUT2D eigenvalue weighted by Crippen LogP contribution is -2.62. The van der Waals surface area contributed by atoms with Crippen molar-refractivity contribution in [1.82, 2.24) is 68.7 Å². The molecule has 1 fully saturated rings. The minimum Gasteiger partial charge on any atom is -0.508 e. The van der Waals surface area contributed by atoms with Gasteiger partial charge in [-0.2, -0.15) is 75.8 Å². The molecule has 43 heteroatoms. The van der Waals surface area contributed by atoms with Crippen molar-refractivity contribution in [2.45, 2.75) is 143 Å². The Morgan fingerprint density at radius 3 is 1.37 bits per heavy atom. The predicted molar refractivity (Wildman–Crippen MR) is 379 cm³/mol. The number of nitrogens with two attached hydrogens (primary N) is 1. The van der Waals surface area contributed by atoms with Gasteiger partial charge in [0, 0.05) is 54.6 Å². The molecule has 3 rings (SSSR count). The van der Waals surface area contributed by atoms with Gasteiger partial charge in [-0.3, -0.25) is 71.9 Å². The zero-order chi connectivity index (χ0) is 76.9. The molecule has 1 saturated heterocycles. The van der Waals surface area contributed by atoms with Crippen LogP contribution < -0.4 is 69.5 Å². The lowest BCUT2D eigenvalue weighted by atomic mass is 10.0. The monoisotopic (exact) mass is 1550 g/mol. The standard InChI is InChI=1S/C59H84N14O23S6/c1-26(46(81)68-39(23-100)53(88)72-45(27(2)74)55(90)61-19-43(78)63-36(20-97)49(84)67-35(57(92)93)17-29-7-11-31(76)12-8-29)62-54(89)41-4-3-15-73(41)56(91)34(18-42(60)77)66-50(85)37(21-98)70-51(86)38(22-99)69-48(83)33(16-28-5-9-30(75)10-6-28)65-47(82)32(13-14-44(79)80)64-52(87)40(24-101)71-58(94)59(95,96)25-102/h5-12,26-27,32-41,45,74-76,95-102H,3-4,13-25H2,1-2H3,(H2,60,77)(H,61,90)(H,62,89)(H,63,78)(H,64,87)(H,65,82)(H,66,85)(H,67,84)(H,68,81)(H,69,83)(H,70,86)(H,71,94)(H,72,88)(H,79,80)(H,92,93)/t26?,27-,32+,33+,34+,35+,36?,37+,38+,39+,40+,41+,45+/m1/s1. The zero-order valence-electron chi connectivity index (χ0n) is 54.6. The Morgan fingerprint density at radius 1 is 0.520 bits per heavy atom. The molecule has 13 atom stereocenters. The van der Waals surface area contributed by atoms with Crippen molar-refractivity contribution in [3.05, 3.63) is 59.7 Å². The first kappa shape index (κ1) is 87.8. The maximum Gasteiger partial charge on any atom is 0.326 e. The van der Waals surface area contributed by atoms with Crippen molar-refractivity contribution < 1.29 is 112 Å². The van der Waals surface area contributed by atoms with E-state index >= 15 is 0 Å². The number of benzene rings is 2. The molecule has 564 valence electrons. The Balaban J connectivity index is 1.69. The number of nitrogens with one attached hydrogen (secondary N) is 12. The second-order valence-electron chi connectivity index (χ2n) is 23.0. The summed E-state index contributed by atoms with van der Waals surface area (Å²) in [5, 5.41) is 96.3. The van der Waals surface area contributed by atoms with Gasteiger partial charge in [-0.15, -0.1) is 0 Å². The van der Waals surface area contributed by atoms with Gasteiger partial charge in [0.05, 0.1) is 24.8 Å². The number of nitrogens with zero attached hydrogens (tertiary/aromatic N) is 1. The van der Waals surface area contributed by atoms with E-state index in [4.69, 9.17) is 5.73 Å². The number of rotatable bonds is 42. The van der Waals surface area contributed by atoms with E-state index in [-0.39, 0.29) is 49.5 Å². The molecular weight excluding hydrogens is 1470 g/mol. The summed E-state index contributed by atoms with van der Waals surface area (Å²) in [5.41, 5.74) is 6.24. The van der Waals surface area contributed by atoms with Crippen LogP contribution in [-0.2, 0) is 89.6 Å². The summed E-state index contributed by atoms with van der Waals surface area (Å²) in [6.45, 7) is 1.35. The summed E-state index contributed by atoms with van der Waals surface area (Å²) in [6, 6.07) is -8.43. The minimum atomic E-state index is -3.04.